The Balaban J connectivity index is 2.12. The van der Waals surface area contributed by atoms with Gasteiger partial charge < -0.3 is 14.6 Å². The highest BCUT2D eigenvalue weighted by atomic mass is 16.5. The van der Waals surface area contributed by atoms with Gasteiger partial charge in [-0.2, -0.15) is 4.98 Å². The monoisotopic (exact) mass is 305 g/mol. The third kappa shape index (κ3) is 2.45. The average Bonchev–Trinajstić information content (AvgIpc) is 3.00. The van der Waals surface area contributed by atoms with E-state index in [1.807, 2.05) is 4.90 Å². The Morgan fingerprint density at radius 1 is 1.18 bits per heavy atom. The molecule has 2 N–H and O–H groups in total. The first-order valence-corrected chi connectivity index (χ1v) is 7.06. The zero-order valence-electron chi connectivity index (χ0n) is 12.0. The highest BCUT2D eigenvalue weighted by Crippen LogP contribution is 2.15. The minimum Gasteiger partial charge on any atom is -0.461 e. The lowest BCUT2D eigenvalue weighted by atomic mass is 10.4. The van der Waals surface area contributed by atoms with E-state index in [1.54, 1.807) is 6.92 Å². The Hall–Kier alpha value is -2.71. The SMILES string of the molecule is CCOC(=O)c1nc2c(=O)[nH]c(N3CCCC3)nc2[nH]c1=O. The first-order chi connectivity index (χ1) is 10.6. The summed E-state index contributed by atoms with van der Waals surface area (Å²) in [6, 6.07) is 0. The van der Waals surface area contributed by atoms with Crippen LogP contribution in [0.4, 0.5) is 5.95 Å². The molecule has 1 aliphatic rings. The highest BCUT2D eigenvalue weighted by molar-refractivity contribution is 5.88. The van der Waals surface area contributed by atoms with Gasteiger partial charge in [0.15, 0.2) is 11.2 Å². The van der Waals surface area contributed by atoms with Crippen molar-refractivity contribution in [2.24, 2.45) is 0 Å². The van der Waals surface area contributed by atoms with Crippen molar-refractivity contribution in [3.63, 3.8) is 0 Å². The summed E-state index contributed by atoms with van der Waals surface area (Å²) < 4.78 is 4.74. The van der Waals surface area contributed by atoms with Gasteiger partial charge in [-0.15, -0.1) is 0 Å². The largest absolute Gasteiger partial charge is 0.461 e. The van der Waals surface area contributed by atoms with Gasteiger partial charge in [-0.3, -0.25) is 14.6 Å². The van der Waals surface area contributed by atoms with Gasteiger partial charge in [-0.1, -0.05) is 0 Å². The maximum atomic E-state index is 12.1. The molecule has 1 fully saturated rings. The predicted molar refractivity (Wildman–Crippen MR) is 78.2 cm³/mol. The van der Waals surface area contributed by atoms with Crippen LogP contribution in [0, 0.1) is 0 Å². The van der Waals surface area contributed by atoms with E-state index in [0.29, 0.717) is 5.95 Å². The zero-order valence-corrected chi connectivity index (χ0v) is 12.0. The van der Waals surface area contributed by atoms with Gasteiger partial charge in [0.1, 0.15) is 0 Å². The van der Waals surface area contributed by atoms with Crippen molar-refractivity contribution in [3.05, 3.63) is 26.4 Å². The van der Waals surface area contributed by atoms with E-state index < -0.39 is 22.8 Å². The summed E-state index contributed by atoms with van der Waals surface area (Å²) in [6.07, 6.45) is 2.05. The molecule has 1 aliphatic heterocycles. The van der Waals surface area contributed by atoms with Crippen molar-refractivity contribution in [2.45, 2.75) is 19.8 Å². The van der Waals surface area contributed by atoms with Crippen LogP contribution >= 0.6 is 0 Å². The summed E-state index contributed by atoms with van der Waals surface area (Å²) in [6.45, 7) is 3.32. The standard InChI is InChI=1S/C13H15N5O4/c1-2-22-12(21)8-11(20)15-9-7(14-8)10(19)17-13(16-9)18-5-3-4-6-18/h2-6H2,1H3,(H2,15,16,17,19,20). The lowest BCUT2D eigenvalue weighted by Gasteiger charge is -2.15. The van der Waals surface area contributed by atoms with Crippen LogP contribution in [0.5, 0.6) is 0 Å². The number of fused-ring (bicyclic) bond motifs is 1. The number of anilines is 1. The van der Waals surface area contributed by atoms with Crippen LogP contribution in [0.3, 0.4) is 0 Å². The molecule has 0 atom stereocenters. The molecule has 0 bridgehead atoms. The average molecular weight is 305 g/mol. The van der Waals surface area contributed by atoms with Gasteiger partial charge in [0.2, 0.25) is 11.6 Å². The summed E-state index contributed by atoms with van der Waals surface area (Å²) in [5.41, 5.74) is -1.71. The van der Waals surface area contributed by atoms with Crippen molar-refractivity contribution < 1.29 is 9.53 Å². The van der Waals surface area contributed by atoms with Crippen molar-refractivity contribution in [1.29, 1.82) is 0 Å². The number of carbonyl (C=O) groups is 1. The second-order valence-corrected chi connectivity index (χ2v) is 4.92. The van der Waals surface area contributed by atoms with Gasteiger partial charge in [-0.05, 0) is 19.8 Å². The van der Waals surface area contributed by atoms with Crippen LogP contribution < -0.4 is 16.0 Å². The fourth-order valence-electron chi connectivity index (χ4n) is 2.39. The Labute approximate surface area is 124 Å². The summed E-state index contributed by atoms with van der Waals surface area (Å²) >= 11 is 0. The van der Waals surface area contributed by atoms with Gasteiger partial charge in [0.05, 0.1) is 6.61 Å². The van der Waals surface area contributed by atoms with Crippen molar-refractivity contribution in [3.8, 4) is 0 Å². The maximum Gasteiger partial charge on any atom is 0.362 e. The lowest BCUT2D eigenvalue weighted by molar-refractivity contribution is 0.0517. The summed E-state index contributed by atoms with van der Waals surface area (Å²) in [4.78, 5) is 50.7. The number of hydrogen-bond donors (Lipinski definition) is 2. The topological polar surface area (TPSA) is 121 Å². The second kappa shape index (κ2) is 5.58. The van der Waals surface area contributed by atoms with Gasteiger partial charge >= 0.3 is 5.97 Å². The van der Waals surface area contributed by atoms with E-state index in [9.17, 15) is 14.4 Å². The Morgan fingerprint density at radius 2 is 1.91 bits per heavy atom. The summed E-state index contributed by atoms with van der Waals surface area (Å²) in [7, 11) is 0. The number of H-pyrrole nitrogens is 2. The Morgan fingerprint density at radius 3 is 2.59 bits per heavy atom. The number of rotatable bonds is 3. The van der Waals surface area contributed by atoms with Gasteiger partial charge in [0.25, 0.3) is 11.1 Å². The maximum absolute atomic E-state index is 12.1. The quantitative estimate of drug-likeness (QED) is 0.752. The number of esters is 1. The van der Waals surface area contributed by atoms with Crippen molar-refractivity contribution in [2.75, 3.05) is 24.6 Å². The molecule has 0 unspecified atom stereocenters. The first-order valence-electron chi connectivity index (χ1n) is 7.06. The molecular weight excluding hydrogens is 290 g/mol. The van der Waals surface area contributed by atoms with E-state index in [2.05, 4.69) is 19.9 Å². The fourth-order valence-corrected chi connectivity index (χ4v) is 2.39. The van der Waals surface area contributed by atoms with Crippen LogP contribution in [0.25, 0.3) is 11.2 Å². The molecule has 0 radical (unpaired) electrons. The van der Waals surface area contributed by atoms with Crippen molar-refractivity contribution in [1.82, 2.24) is 19.9 Å². The molecule has 22 heavy (non-hydrogen) atoms. The molecule has 2 aromatic heterocycles. The number of hydrogen-bond acceptors (Lipinski definition) is 7. The normalized spacial score (nSPS) is 14.5. The number of aromatic nitrogens is 4. The molecule has 9 nitrogen and oxygen atoms in total. The molecule has 0 saturated carbocycles. The zero-order chi connectivity index (χ0) is 15.7. The molecule has 116 valence electrons. The van der Waals surface area contributed by atoms with Crippen LogP contribution in [0.2, 0.25) is 0 Å². The molecular formula is C13H15N5O4. The molecule has 0 aliphatic carbocycles. The van der Waals surface area contributed by atoms with E-state index in [4.69, 9.17) is 4.74 Å². The van der Waals surface area contributed by atoms with E-state index in [-0.39, 0.29) is 17.8 Å². The minimum atomic E-state index is -0.867. The minimum absolute atomic E-state index is 0.0590. The molecule has 0 aromatic carbocycles. The second-order valence-electron chi connectivity index (χ2n) is 4.92. The molecule has 3 heterocycles. The molecule has 3 rings (SSSR count). The van der Waals surface area contributed by atoms with E-state index in [1.165, 1.54) is 0 Å². The van der Waals surface area contributed by atoms with E-state index >= 15 is 0 Å². The third-order valence-electron chi connectivity index (χ3n) is 3.43. The number of ether oxygens (including phenoxy) is 1. The third-order valence-corrected chi connectivity index (χ3v) is 3.43. The summed E-state index contributed by atoms with van der Waals surface area (Å²) in [5, 5.41) is 0. The molecule has 0 spiro atoms. The first kappa shape index (κ1) is 14.2. The van der Waals surface area contributed by atoms with Crippen LogP contribution in [-0.4, -0.2) is 45.6 Å². The number of aromatic amines is 2. The Bertz CT molecular complexity index is 834. The number of nitrogens with one attached hydrogen (secondary N) is 2. The lowest BCUT2D eigenvalue weighted by Crippen LogP contribution is -2.28. The molecule has 2 aromatic rings. The fraction of sp³-hybridized carbons (Fsp3) is 0.462. The van der Waals surface area contributed by atoms with Crippen LogP contribution in [0.1, 0.15) is 30.3 Å². The summed E-state index contributed by atoms with van der Waals surface area (Å²) in [5.74, 6) is -0.468. The van der Waals surface area contributed by atoms with Gasteiger partial charge in [0, 0.05) is 13.1 Å². The number of carbonyl (C=O) groups excluding carboxylic acids is 1. The van der Waals surface area contributed by atoms with Crippen LogP contribution in [-0.2, 0) is 4.74 Å². The highest BCUT2D eigenvalue weighted by Gasteiger charge is 2.20. The van der Waals surface area contributed by atoms with E-state index in [0.717, 1.165) is 25.9 Å². The smallest absolute Gasteiger partial charge is 0.362 e. The molecule has 9 heteroatoms. The van der Waals surface area contributed by atoms with Gasteiger partial charge in [-0.25, -0.2) is 9.78 Å². The molecule has 0 amide bonds. The number of nitrogens with zero attached hydrogens (tertiary/aromatic N) is 3. The molecule has 1 saturated heterocycles. The van der Waals surface area contributed by atoms with Crippen LogP contribution in [0.15, 0.2) is 9.59 Å². The predicted octanol–water partition coefficient (Wildman–Crippen LogP) is -0.217. The van der Waals surface area contributed by atoms with Crippen molar-refractivity contribution >= 4 is 23.1 Å². The Kier molecular flexibility index (Phi) is 3.61.